The highest BCUT2D eigenvalue weighted by molar-refractivity contribution is 5.15. The Kier molecular flexibility index (Phi) is 4.55. The van der Waals surface area contributed by atoms with Crippen molar-refractivity contribution in [1.82, 2.24) is 0 Å². The molecule has 0 fully saturated rings. The molecule has 0 atom stereocenters. The number of aliphatic hydroxyl groups is 1. The highest BCUT2D eigenvalue weighted by Gasteiger charge is 2.05. The minimum absolute atomic E-state index is 0.444. The minimum Gasteiger partial charge on any atom is -0.516 e. The average Bonchev–Trinajstić information content (AvgIpc) is 2.03. The van der Waals surface area contributed by atoms with Gasteiger partial charge in [0.1, 0.15) is 0 Å². The lowest BCUT2D eigenvalue weighted by Crippen LogP contribution is -1.96. The van der Waals surface area contributed by atoms with Crippen LogP contribution in [0.4, 0.5) is 0 Å². The molecular weight excluding hydrogens is 180 g/mol. The fraction of sp³-hybridized carbons (Fsp3) is 0. The molecule has 0 aliphatic heterocycles. The quantitative estimate of drug-likeness (QED) is 0.305. The SMILES string of the molecule is O=[N+]([O-])/C=C/C(=C\C=C\O)[N+](=O)[O-]. The van der Waals surface area contributed by atoms with Crippen LogP contribution in [0.5, 0.6) is 0 Å². The van der Waals surface area contributed by atoms with E-state index in [2.05, 4.69) is 0 Å². The highest BCUT2D eigenvalue weighted by atomic mass is 16.6. The van der Waals surface area contributed by atoms with Crippen molar-refractivity contribution in [3.63, 3.8) is 0 Å². The number of allylic oxidation sites excluding steroid dienone is 3. The smallest absolute Gasteiger partial charge is 0.275 e. The summed E-state index contributed by atoms with van der Waals surface area (Å²) in [5, 5.41) is 28.1. The second-order valence-corrected chi connectivity index (χ2v) is 1.79. The third-order valence-corrected chi connectivity index (χ3v) is 0.931. The molecule has 0 aliphatic rings. The molecule has 0 rings (SSSR count). The predicted octanol–water partition coefficient (Wildman–Crippen LogP) is 1.01. The second-order valence-electron chi connectivity index (χ2n) is 1.79. The Morgan fingerprint density at radius 3 is 2.31 bits per heavy atom. The summed E-state index contributed by atoms with van der Waals surface area (Å²) in [5.41, 5.74) is -0.484. The first-order chi connectivity index (χ1) is 6.07. The molecule has 0 aromatic carbocycles. The Balaban J connectivity index is 4.63. The van der Waals surface area contributed by atoms with E-state index in [0.29, 0.717) is 12.5 Å². The van der Waals surface area contributed by atoms with Gasteiger partial charge >= 0.3 is 0 Å². The molecule has 0 bridgehead atoms. The summed E-state index contributed by atoms with van der Waals surface area (Å²) in [6, 6.07) is 0. The van der Waals surface area contributed by atoms with E-state index in [-0.39, 0.29) is 0 Å². The minimum atomic E-state index is -0.819. The van der Waals surface area contributed by atoms with Crippen molar-refractivity contribution in [2.45, 2.75) is 0 Å². The van der Waals surface area contributed by atoms with Gasteiger partial charge in [-0.3, -0.25) is 20.2 Å². The first kappa shape index (κ1) is 10.8. The number of hydrogen-bond acceptors (Lipinski definition) is 5. The van der Waals surface area contributed by atoms with Gasteiger partial charge in [-0.05, 0) is 6.08 Å². The average molecular weight is 186 g/mol. The van der Waals surface area contributed by atoms with Crippen molar-refractivity contribution in [2.75, 3.05) is 0 Å². The molecule has 0 aromatic heterocycles. The molecule has 13 heavy (non-hydrogen) atoms. The first-order valence-corrected chi connectivity index (χ1v) is 3.05. The van der Waals surface area contributed by atoms with Crippen molar-refractivity contribution in [1.29, 1.82) is 0 Å². The van der Waals surface area contributed by atoms with E-state index in [1.165, 1.54) is 0 Å². The van der Waals surface area contributed by atoms with Gasteiger partial charge in [0.05, 0.1) is 22.2 Å². The third kappa shape index (κ3) is 5.13. The van der Waals surface area contributed by atoms with Crippen LogP contribution in [0.25, 0.3) is 0 Å². The monoisotopic (exact) mass is 186 g/mol. The van der Waals surface area contributed by atoms with Crippen LogP contribution in [0.1, 0.15) is 0 Å². The van der Waals surface area contributed by atoms with E-state index in [1.54, 1.807) is 0 Å². The molecule has 7 heteroatoms. The predicted molar refractivity (Wildman–Crippen MR) is 43.0 cm³/mol. The summed E-state index contributed by atoms with van der Waals surface area (Å²) in [7, 11) is 0. The Labute approximate surface area is 72.6 Å². The lowest BCUT2D eigenvalue weighted by atomic mass is 10.4. The number of rotatable bonds is 4. The van der Waals surface area contributed by atoms with Gasteiger partial charge in [-0.25, -0.2) is 0 Å². The fourth-order valence-electron chi connectivity index (χ4n) is 0.456. The van der Waals surface area contributed by atoms with Gasteiger partial charge < -0.3 is 5.11 Å². The molecule has 0 radical (unpaired) electrons. The molecule has 1 N–H and O–H groups in total. The number of hydrogen-bond donors (Lipinski definition) is 1. The second kappa shape index (κ2) is 5.47. The van der Waals surface area contributed by atoms with E-state index in [0.717, 1.165) is 18.2 Å². The maximum Gasteiger partial charge on any atom is 0.275 e. The Morgan fingerprint density at radius 1 is 1.31 bits per heavy atom. The third-order valence-electron chi connectivity index (χ3n) is 0.931. The van der Waals surface area contributed by atoms with E-state index < -0.39 is 15.5 Å². The van der Waals surface area contributed by atoms with Crippen LogP contribution < -0.4 is 0 Å². The van der Waals surface area contributed by atoms with Crippen LogP contribution in [0.2, 0.25) is 0 Å². The standard InChI is InChI=1S/C6H6N2O5/c9-5-1-2-6(8(12)13)3-4-7(10)11/h1-5,9H/b4-3+,5-1+,6-2+. The molecule has 70 valence electrons. The van der Waals surface area contributed by atoms with E-state index >= 15 is 0 Å². The van der Waals surface area contributed by atoms with E-state index in [1.807, 2.05) is 0 Å². The van der Waals surface area contributed by atoms with Crippen molar-refractivity contribution in [3.05, 3.63) is 56.6 Å². The van der Waals surface area contributed by atoms with E-state index in [9.17, 15) is 20.2 Å². The summed E-state index contributed by atoms with van der Waals surface area (Å²) in [5.74, 6) is 0. The molecule has 0 unspecified atom stereocenters. The summed E-state index contributed by atoms with van der Waals surface area (Å²) in [4.78, 5) is 18.3. The molecule has 0 saturated carbocycles. The van der Waals surface area contributed by atoms with Crippen LogP contribution in [0, 0.1) is 20.2 Å². The van der Waals surface area contributed by atoms with Crippen molar-refractivity contribution in [3.8, 4) is 0 Å². The maximum absolute atomic E-state index is 10.2. The molecule has 0 spiro atoms. The summed E-state index contributed by atoms with van der Waals surface area (Å²) in [6.07, 6.45) is 3.67. The van der Waals surface area contributed by atoms with Crippen LogP contribution in [0.3, 0.4) is 0 Å². The Hall–Kier alpha value is -2.18. The molecule has 0 amide bonds. The first-order valence-electron chi connectivity index (χ1n) is 3.05. The van der Waals surface area contributed by atoms with Crippen LogP contribution in [-0.2, 0) is 0 Å². The summed E-state index contributed by atoms with van der Waals surface area (Å²) < 4.78 is 0. The van der Waals surface area contributed by atoms with E-state index in [4.69, 9.17) is 5.11 Å². The molecule has 7 nitrogen and oxygen atoms in total. The lowest BCUT2D eigenvalue weighted by Gasteiger charge is -1.85. The van der Waals surface area contributed by atoms with Crippen LogP contribution >= 0.6 is 0 Å². The van der Waals surface area contributed by atoms with Gasteiger partial charge in [0, 0.05) is 6.08 Å². The number of nitrogens with zero attached hydrogens (tertiary/aromatic N) is 2. The van der Waals surface area contributed by atoms with Gasteiger partial charge in [0.2, 0.25) is 6.20 Å². The molecule has 0 aromatic rings. The van der Waals surface area contributed by atoms with Gasteiger partial charge in [0.25, 0.3) is 5.70 Å². The van der Waals surface area contributed by atoms with Crippen LogP contribution in [0.15, 0.2) is 36.4 Å². The molecular formula is C6H6N2O5. The number of nitro groups is 2. The summed E-state index contributed by atoms with van der Waals surface area (Å²) >= 11 is 0. The zero-order valence-electron chi connectivity index (χ0n) is 6.36. The molecule has 0 saturated heterocycles. The van der Waals surface area contributed by atoms with Gasteiger partial charge in [-0.15, -0.1) is 0 Å². The Bertz CT molecular complexity index is 291. The normalized spacial score (nSPS) is 12.5. The lowest BCUT2D eigenvalue weighted by molar-refractivity contribution is -0.424. The zero-order valence-corrected chi connectivity index (χ0v) is 6.36. The van der Waals surface area contributed by atoms with Gasteiger partial charge in [-0.2, -0.15) is 0 Å². The van der Waals surface area contributed by atoms with Crippen molar-refractivity contribution < 1.29 is 15.0 Å². The largest absolute Gasteiger partial charge is 0.516 e. The zero-order chi connectivity index (χ0) is 10.3. The van der Waals surface area contributed by atoms with Gasteiger partial charge in [-0.1, -0.05) is 0 Å². The highest BCUT2D eigenvalue weighted by Crippen LogP contribution is 1.98. The number of aliphatic hydroxyl groups excluding tert-OH is 1. The molecule has 0 heterocycles. The Morgan fingerprint density at radius 2 is 1.92 bits per heavy atom. The fourth-order valence-corrected chi connectivity index (χ4v) is 0.456. The topological polar surface area (TPSA) is 107 Å². The van der Waals surface area contributed by atoms with Crippen molar-refractivity contribution >= 4 is 0 Å². The summed E-state index contributed by atoms with van der Waals surface area (Å²) in [6.45, 7) is 0. The maximum atomic E-state index is 10.2. The van der Waals surface area contributed by atoms with Gasteiger partial charge in [0.15, 0.2) is 0 Å². The molecule has 0 aliphatic carbocycles. The van der Waals surface area contributed by atoms with Crippen molar-refractivity contribution in [2.24, 2.45) is 0 Å². The van der Waals surface area contributed by atoms with Crippen LogP contribution in [-0.4, -0.2) is 15.0 Å².